The average molecular weight is 1370 g/mol. The molecule has 0 saturated heterocycles. The molecule has 0 aromatic heterocycles. The SMILES string of the molecule is CCC(C)CCCCCCCCCCCCCCCCCCCCC(=O)O[C@H](COC(=O)CCCCCCCCC(C)C)COP(=O)(O)OC[C@H](O)COP(=O)(O)OC[C@@H](COC(=O)CCCCCCCCCCC(C)CC)OC(=O)CCCCCCCCC(C)CC. The van der Waals surface area contributed by atoms with Crippen molar-refractivity contribution in [2.75, 3.05) is 39.6 Å². The van der Waals surface area contributed by atoms with Gasteiger partial charge in [0, 0.05) is 25.7 Å². The van der Waals surface area contributed by atoms with Gasteiger partial charge >= 0.3 is 39.5 Å². The number of aliphatic hydroxyl groups is 1. The molecule has 3 N–H and O–H groups in total. The summed E-state index contributed by atoms with van der Waals surface area (Å²) >= 11 is 0. The fourth-order valence-electron chi connectivity index (χ4n) is 11.1. The Hall–Kier alpha value is -1.94. The van der Waals surface area contributed by atoms with Crippen molar-refractivity contribution < 1.29 is 80.2 Å². The lowest BCUT2D eigenvalue weighted by molar-refractivity contribution is -0.161. The number of esters is 4. The van der Waals surface area contributed by atoms with Gasteiger partial charge in [-0.15, -0.1) is 0 Å². The Morgan fingerprint density at radius 1 is 0.301 bits per heavy atom. The number of aliphatic hydroxyl groups excluding tert-OH is 1. The Kier molecular flexibility index (Phi) is 62.2. The third-order valence-electron chi connectivity index (χ3n) is 18.2. The number of hydrogen-bond donors (Lipinski definition) is 3. The van der Waals surface area contributed by atoms with Crippen LogP contribution in [0.5, 0.6) is 0 Å². The Labute approximate surface area is 568 Å². The van der Waals surface area contributed by atoms with E-state index in [1.54, 1.807) is 0 Å². The summed E-state index contributed by atoms with van der Waals surface area (Å²) in [6.07, 6.45) is 47.5. The lowest BCUT2D eigenvalue weighted by Gasteiger charge is -2.21. The van der Waals surface area contributed by atoms with Crippen molar-refractivity contribution in [1.82, 2.24) is 0 Å². The minimum atomic E-state index is -4.95. The summed E-state index contributed by atoms with van der Waals surface area (Å²) in [7, 11) is -9.91. The second kappa shape index (κ2) is 63.5. The Morgan fingerprint density at radius 2 is 0.516 bits per heavy atom. The van der Waals surface area contributed by atoms with Gasteiger partial charge in [0.1, 0.15) is 19.3 Å². The summed E-state index contributed by atoms with van der Waals surface area (Å²) in [5.41, 5.74) is 0. The second-order valence-corrected chi connectivity index (χ2v) is 30.8. The van der Waals surface area contributed by atoms with Crippen LogP contribution in [0.3, 0.4) is 0 Å². The van der Waals surface area contributed by atoms with Gasteiger partial charge in [-0.05, 0) is 49.4 Å². The van der Waals surface area contributed by atoms with E-state index < -0.39 is 97.5 Å². The summed E-state index contributed by atoms with van der Waals surface area (Å²) < 4.78 is 68.3. The van der Waals surface area contributed by atoms with Gasteiger partial charge in [-0.1, -0.05) is 319 Å². The van der Waals surface area contributed by atoms with E-state index in [4.69, 9.17) is 37.0 Å². The van der Waals surface area contributed by atoms with Gasteiger partial charge in [-0.3, -0.25) is 37.3 Å². The second-order valence-electron chi connectivity index (χ2n) is 27.9. The van der Waals surface area contributed by atoms with Crippen molar-refractivity contribution in [3.05, 3.63) is 0 Å². The largest absolute Gasteiger partial charge is 0.472 e. The molecule has 0 aliphatic carbocycles. The number of hydrogen-bond acceptors (Lipinski definition) is 15. The first-order valence-corrected chi connectivity index (χ1v) is 41.3. The average Bonchev–Trinajstić information content (AvgIpc) is 2.40. The summed E-state index contributed by atoms with van der Waals surface area (Å²) in [4.78, 5) is 72.6. The summed E-state index contributed by atoms with van der Waals surface area (Å²) in [5, 5.41) is 10.6. The monoisotopic (exact) mass is 1370 g/mol. The Balaban J connectivity index is 5.14. The maximum atomic E-state index is 13.0. The Morgan fingerprint density at radius 3 is 0.763 bits per heavy atom. The molecule has 0 amide bonds. The van der Waals surface area contributed by atoms with E-state index in [1.165, 1.54) is 167 Å². The minimum Gasteiger partial charge on any atom is -0.462 e. The van der Waals surface area contributed by atoms with Gasteiger partial charge in [-0.2, -0.15) is 0 Å². The van der Waals surface area contributed by atoms with Gasteiger partial charge in [0.2, 0.25) is 0 Å². The van der Waals surface area contributed by atoms with Crippen molar-refractivity contribution in [3.8, 4) is 0 Å². The summed E-state index contributed by atoms with van der Waals surface area (Å²) in [6.45, 7) is 14.1. The molecular formula is C74H144O17P2. The van der Waals surface area contributed by atoms with Gasteiger partial charge in [0.15, 0.2) is 12.2 Å². The third kappa shape index (κ3) is 64.5. The molecule has 0 radical (unpaired) electrons. The fourth-order valence-corrected chi connectivity index (χ4v) is 12.7. The van der Waals surface area contributed by atoms with Crippen molar-refractivity contribution in [3.63, 3.8) is 0 Å². The summed E-state index contributed by atoms with van der Waals surface area (Å²) in [6, 6.07) is 0. The zero-order valence-electron chi connectivity index (χ0n) is 60.9. The zero-order valence-corrected chi connectivity index (χ0v) is 62.7. The number of carbonyl (C=O) groups excluding carboxylic acids is 4. The van der Waals surface area contributed by atoms with Crippen LogP contribution in [-0.2, 0) is 65.4 Å². The molecule has 0 spiro atoms. The lowest BCUT2D eigenvalue weighted by atomic mass is 9.99. The van der Waals surface area contributed by atoms with Crippen LogP contribution in [0.2, 0.25) is 0 Å². The molecule has 8 atom stereocenters. The number of phosphoric ester groups is 2. The van der Waals surface area contributed by atoms with Crippen LogP contribution in [0.1, 0.15) is 370 Å². The Bertz CT molecular complexity index is 1840. The van der Waals surface area contributed by atoms with Gasteiger partial charge in [-0.25, -0.2) is 9.13 Å². The van der Waals surface area contributed by atoms with E-state index in [2.05, 4.69) is 55.4 Å². The van der Waals surface area contributed by atoms with E-state index in [0.29, 0.717) is 31.6 Å². The maximum absolute atomic E-state index is 13.0. The number of phosphoric acid groups is 2. The highest BCUT2D eigenvalue weighted by Gasteiger charge is 2.30. The number of unbranched alkanes of at least 4 members (excludes halogenated alkanes) is 34. The van der Waals surface area contributed by atoms with Crippen LogP contribution in [0.15, 0.2) is 0 Å². The van der Waals surface area contributed by atoms with Gasteiger partial charge in [0.25, 0.3) is 0 Å². The molecule has 0 aliphatic rings. The standard InChI is InChI=1S/C74H144O17P2/c1-9-65(6)51-43-35-26-22-20-18-16-14-12-13-15-17-19-21-23-29-40-48-56-73(78)90-69(61-85-72(77)55-47-39-32-30-34-42-50-64(4)5)62-88-92(80,81)86-58-68(75)59-87-93(82,83)89-63-70(91-74(79)57-49-41-33-31-37-45-53-67(8)11-3)60-84-71(76)54-46-38-28-25-24-27-36-44-52-66(7)10-2/h64-70,75H,9-63H2,1-8H3,(H,80,81)(H,82,83)/t65?,66?,67?,68-,69+,70+/m0/s1. The highest BCUT2D eigenvalue weighted by atomic mass is 31.2. The molecule has 0 rings (SSSR count). The van der Waals surface area contributed by atoms with Crippen LogP contribution in [-0.4, -0.2) is 96.7 Å². The third-order valence-corrected chi connectivity index (χ3v) is 20.1. The normalized spacial score (nSPS) is 15.1. The molecule has 17 nitrogen and oxygen atoms in total. The molecule has 0 aromatic rings. The highest BCUT2D eigenvalue weighted by Crippen LogP contribution is 2.45. The first kappa shape index (κ1) is 91.1. The molecule has 0 saturated carbocycles. The van der Waals surface area contributed by atoms with Gasteiger partial charge < -0.3 is 33.8 Å². The minimum absolute atomic E-state index is 0.102. The van der Waals surface area contributed by atoms with Gasteiger partial charge in [0.05, 0.1) is 26.4 Å². The molecule has 0 bridgehead atoms. The molecular weight excluding hydrogens is 1220 g/mol. The number of carbonyl (C=O) groups is 4. The predicted molar refractivity (Wildman–Crippen MR) is 377 cm³/mol. The van der Waals surface area contributed by atoms with Crippen LogP contribution in [0.25, 0.3) is 0 Å². The summed E-state index contributed by atoms with van der Waals surface area (Å²) in [5.74, 6) is 0.918. The van der Waals surface area contributed by atoms with Crippen LogP contribution in [0, 0.1) is 23.7 Å². The van der Waals surface area contributed by atoms with Crippen molar-refractivity contribution in [1.29, 1.82) is 0 Å². The molecule has 19 heteroatoms. The smallest absolute Gasteiger partial charge is 0.462 e. The molecule has 0 fully saturated rings. The van der Waals surface area contributed by atoms with Crippen molar-refractivity contribution in [2.45, 2.75) is 388 Å². The molecule has 0 aromatic carbocycles. The van der Waals surface area contributed by atoms with Crippen molar-refractivity contribution in [2.24, 2.45) is 23.7 Å². The van der Waals surface area contributed by atoms with E-state index in [-0.39, 0.29) is 25.7 Å². The number of rotatable bonds is 71. The quantitative estimate of drug-likeness (QED) is 0.0222. The molecule has 93 heavy (non-hydrogen) atoms. The van der Waals surface area contributed by atoms with E-state index in [1.807, 2.05) is 0 Å². The van der Waals surface area contributed by atoms with E-state index >= 15 is 0 Å². The first-order valence-electron chi connectivity index (χ1n) is 38.3. The van der Waals surface area contributed by atoms with Crippen molar-refractivity contribution >= 4 is 39.5 Å². The topological polar surface area (TPSA) is 237 Å². The highest BCUT2D eigenvalue weighted by molar-refractivity contribution is 7.47. The molecule has 0 aliphatic heterocycles. The predicted octanol–water partition coefficient (Wildman–Crippen LogP) is 21.3. The van der Waals surface area contributed by atoms with Crippen LogP contribution < -0.4 is 0 Å². The van der Waals surface area contributed by atoms with Crippen LogP contribution in [0.4, 0.5) is 0 Å². The lowest BCUT2D eigenvalue weighted by Crippen LogP contribution is -2.30. The molecule has 5 unspecified atom stereocenters. The fraction of sp³-hybridized carbons (Fsp3) is 0.946. The number of ether oxygens (including phenoxy) is 4. The van der Waals surface area contributed by atoms with Crippen LogP contribution >= 0.6 is 15.6 Å². The van der Waals surface area contributed by atoms with E-state index in [0.717, 1.165) is 114 Å². The zero-order chi connectivity index (χ0) is 68.9. The first-order chi connectivity index (χ1) is 44.7. The van der Waals surface area contributed by atoms with E-state index in [9.17, 15) is 43.2 Å². The molecule has 552 valence electrons. The molecule has 0 heterocycles. The maximum Gasteiger partial charge on any atom is 0.472 e.